The maximum absolute atomic E-state index is 13.5. The summed E-state index contributed by atoms with van der Waals surface area (Å²) in [5.74, 6) is 0.633. The monoisotopic (exact) mass is 429 g/mol. The lowest BCUT2D eigenvalue weighted by molar-refractivity contribution is -0.119. The van der Waals surface area contributed by atoms with E-state index in [1.165, 1.54) is 16.7 Å². The normalized spacial score (nSPS) is 13.8. The van der Waals surface area contributed by atoms with Crippen LogP contribution < -0.4 is 9.64 Å². The third kappa shape index (κ3) is 4.42. The molecule has 4 rings (SSSR count). The lowest BCUT2D eigenvalue weighted by atomic mass is 10.0. The predicted molar refractivity (Wildman–Crippen MR) is 126 cm³/mol. The number of thioether (sulfide) groups is 1. The number of aryl methyl sites for hydroxylation is 1. The Balaban J connectivity index is 1.72. The van der Waals surface area contributed by atoms with Gasteiger partial charge in [-0.1, -0.05) is 66.2 Å². The molecule has 0 spiro atoms. The Morgan fingerprint density at radius 1 is 0.871 bits per heavy atom. The van der Waals surface area contributed by atoms with Crippen LogP contribution in [0, 0.1) is 6.92 Å². The van der Waals surface area contributed by atoms with E-state index in [1.807, 2.05) is 74.5 Å². The molecular formula is C26H23NO3S. The van der Waals surface area contributed by atoms with Crippen molar-refractivity contribution >= 4 is 34.8 Å². The van der Waals surface area contributed by atoms with Gasteiger partial charge in [0.2, 0.25) is 0 Å². The summed E-state index contributed by atoms with van der Waals surface area (Å²) in [7, 11) is 0. The van der Waals surface area contributed by atoms with Gasteiger partial charge < -0.3 is 4.74 Å². The zero-order valence-corrected chi connectivity index (χ0v) is 18.3. The summed E-state index contributed by atoms with van der Waals surface area (Å²) in [5.41, 5.74) is 3.91. The molecule has 1 aliphatic heterocycles. The molecular weight excluding hydrogens is 406 g/mol. The van der Waals surface area contributed by atoms with Crippen molar-refractivity contribution in [3.05, 3.63) is 100 Å². The van der Waals surface area contributed by atoms with Crippen LogP contribution in [0.25, 0.3) is 5.57 Å². The number of nitrogens with zero attached hydrogens (tertiary/aromatic N) is 1. The topological polar surface area (TPSA) is 46.6 Å². The summed E-state index contributed by atoms with van der Waals surface area (Å²) < 4.78 is 5.57. The first kappa shape index (κ1) is 20.9. The van der Waals surface area contributed by atoms with E-state index in [2.05, 4.69) is 0 Å². The number of imide groups is 1. The molecule has 5 heteroatoms. The first-order chi connectivity index (χ1) is 15.1. The van der Waals surface area contributed by atoms with Crippen LogP contribution in [0.4, 0.5) is 5.69 Å². The van der Waals surface area contributed by atoms with Gasteiger partial charge in [-0.05, 0) is 37.1 Å². The molecule has 0 fully saturated rings. The highest BCUT2D eigenvalue weighted by atomic mass is 32.2. The van der Waals surface area contributed by atoms with E-state index in [1.54, 1.807) is 18.2 Å². The van der Waals surface area contributed by atoms with Crippen LogP contribution in [0.2, 0.25) is 0 Å². The lowest BCUT2D eigenvalue weighted by Gasteiger charge is -2.16. The smallest absolute Gasteiger partial charge is 0.272 e. The molecule has 0 atom stereocenters. The molecule has 156 valence electrons. The maximum Gasteiger partial charge on any atom is 0.272 e. The van der Waals surface area contributed by atoms with Gasteiger partial charge in [0.15, 0.2) is 0 Å². The SMILES string of the molecule is CCOc1cccc(N2C(=O)C(SCc3ccccc3)=C(c3ccc(C)cc3)C2=O)c1. The molecule has 4 nitrogen and oxygen atoms in total. The lowest BCUT2D eigenvalue weighted by Crippen LogP contribution is -2.31. The van der Waals surface area contributed by atoms with Crippen LogP contribution >= 0.6 is 11.8 Å². The van der Waals surface area contributed by atoms with Crippen molar-refractivity contribution in [1.29, 1.82) is 0 Å². The van der Waals surface area contributed by atoms with E-state index in [0.717, 1.165) is 16.7 Å². The fraction of sp³-hybridized carbons (Fsp3) is 0.154. The molecule has 0 aromatic heterocycles. The highest BCUT2D eigenvalue weighted by Crippen LogP contribution is 2.40. The van der Waals surface area contributed by atoms with E-state index in [4.69, 9.17) is 4.74 Å². The Morgan fingerprint density at radius 3 is 2.32 bits per heavy atom. The molecule has 3 aromatic carbocycles. The minimum Gasteiger partial charge on any atom is -0.494 e. The number of carbonyl (C=O) groups excluding carboxylic acids is 2. The molecule has 0 bridgehead atoms. The van der Waals surface area contributed by atoms with Crippen molar-refractivity contribution in [1.82, 2.24) is 0 Å². The number of anilines is 1. The molecule has 0 N–H and O–H groups in total. The van der Waals surface area contributed by atoms with Crippen LogP contribution in [0.3, 0.4) is 0 Å². The molecule has 0 radical (unpaired) electrons. The number of carbonyl (C=O) groups is 2. The summed E-state index contributed by atoms with van der Waals surface area (Å²) in [6.07, 6.45) is 0. The average Bonchev–Trinajstić information content (AvgIpc) is 3.03. The molecule has 1 heterocycles. The van der Waals surface area contributed by atoms with Crippen LogP contribution in [0.5, 0.6) is 5.75 Å². The highest BCUT2D eigenvalue weighted by molar-refractivity contribution is 8.03. The number of hydrogen-bond acceptors (Lipinski definition) is 4. The number of ether oxygens (including phenoxy) is 1. The highest BCUT2D eigenvalue weighted by Gasteiger charge is 2.40. The van der Waals surface area contributed by atoms with Crippen molar-refractivity contribution in [2.75, 3.05) is 11.5 Å². The van der Waals surface area contributed by atoms with Gasteiger partial charge in [0.25, 0.3) is 11.8 Å². The largest absolute Gasteiger partial charge is 0.494 e. The van der Waals surface area contributed by atoms with Gasteiger partial charge in [-0.25, -0.2) is 4.90 Å². The van der Waals surface area contributed by atoms with Crippen LogP contribution in [-0.4, -0.2) is 18.4 Å². The minimum atomic E-state index is -0.307. The van der Waals surface area contributed by atoms with Crippen LogP contribution in [-0.2, 0) is 15.3 Å². The van der Waals surface area contributed by atoms with Gasteiger partial charge in [0, 0.05) is 11.8 Å². The molecule has 31 heavy (non-hydrogen) atoms. The molecule has 0 saturated heterocycles. The summed E-state index contributed by atoms with van der Waals surface area (Å²) in [6.45, 7) is 4.40. The Bertz CT molecular complexity index is 1140. The first-order valence-corrected chi connectivity index (χ1v) is 11.2. The molecule has 0 aliphatic carbocycles. The fourth-order valence-electron chi connectivity index (χ4n) is 3.46. The molecule has 1 aliphatic rings. The van der Waals surface area contributed by atoms with Crippen LogP contribution in [0.1, 0.15) is 23.6 Å². The van der Waals surface area contributed by atoms with Gasteiger partial charge in [0.1, 0.15) is 5.75 Å². The van der Waals surface area contributed by atoms with Gasteiger partial charge in [-0.15, -0.1) is 11.8 Å². The molecule has 3 aromatic rings. The number of benzene rings is 3. The fourth-order valence-corrected chi connectivity index (χ4v) is 4.53. The van der Waals surface area contributed by atoms with E-state index in [9.17, 15) is 9.59 Å². The maximum atomic E-state index is 13.5. The van der Waals surface area contributed by atoms with E-state index in [0.29, 0.717) is 34.3 Å². The van der Waals surface area contributed by atoms with Gasteiger partial charge in [-0.2, -0.15) is 0 Å². The van der Waals surface area contributed by atoms with Crippen molar-refractivity contribution in [3.8, 4) is 5.75 Å². The molecule has 0 unspecified atom stereocenters. The predicted octanol–water partition coefficient (Wildman–Crippen LogP) is 5.61. The second kappa shape index (κ2) is 9.23. The second-order valence-electron chi connectivity index (χ2n) is 7.22. The second-order valence-corrected chi connectivity index (χ2v) is 8.21. The van der Waals surface area contributed by atoms with Crippen molar-refractivity contribution in [3.63, 3.8) is 0 Å². The Labute approximate surface area is 186 Å². The Kier molecular flexibility index (Phi) is 6.23. The van der Waals surface area contributed by atoms with E-state index in [-0.39, 0.29) is 11.8 Å². The number of amides is 2. The van der Waals surface area contributed by atoms with Gasteiger partial charge in [-0.3, -0.25) is 9.59 Å². The minimum absolute atomic E-state index is 0.296. The third-order valence-electron chi connectivity index (χ3n) is 4.99. The van der Waals surface area contributed by atoms with Crippen molar-refractivity contribution in [2.45, 2.75) is 19.6 Å². The Hall–Kier alpha value is -3.31. The summed E-state index contributed by atoms with van der Waals surface area (Å²) in [5, 5.41) is 0. The standard InChI is InChI=1S/C26H23NO3S/c1-3-30-22-11-7-10-21(16-22)27-25(28)23(20-14-12-18(2)13-15-20)24(26(27)29)31-17-19-8-5-4-6-9-19/h4-16H,3,17H2,1-2H3. The summed E-state index contributed by atoms with van der Waals surface area (Å²) in [6, 6.07) is 24.8. The number of rotatable bonds is 7. The summed E-state index contributed by atoms with van der Waals surface area (Å²) in [4.78, 5) is 28.7. The molecule has 0 saturated carbocycles. The van der Waals surface area contributed by atoms with Gasteiger partial charge >= 0.3 is 0 Å². The van der Waals surface area contributed by atoms with Crippen molar-refractivity contribution in [2.24, 2.45) is 0 Å². The van der Waals surface area contributed by atoms with E-state index < -0.39 is 0 Å². The van der Waals surface area contributed by atoms with Crippen LogP contribution in [0.15, 0.2) is 83.8 Å². The average molecular weight is 430 g/mol. The molecule has 2 amide bonds. The zero-order valence-electron chi connectivity index (χ0n) is 17.5. The van der Waals surface area contributed by atoms with E-state index >= 15 is 0 Å². The quantitative estimate of drug-likeness (QED) is 0.458. The van der Waals surface area contributed by atoms with Crippen molar-refractivity contribution < 1.29 is 14.3 Å². The number of hydrogen-bond donors (Lipinski definition) is 0. The zero-order chi connectivity index (χ0) is 21.8. The third-order valence-corrected chi connectivity index (χ3v) is 6.14. The summed E-state index contributed by atoms with van der Waals surface area (Å²) >= 11 is 1.41. The Morgan fingerprint density at radius 2 is 1.61 bits per heavy atom. The van der Waals surface area contributed by atoms with Gasteiger partial charge in [0.05, 0.1) is 22.8 Å². The first-order valence-electron chi connectivity index (χ1n) is 10.2.